The Morgan fingerprint density at radius 1 is 0.375 bits per heavy atom. The van der Waals surface area contributed by atoms with E-state index in [0.29, 0.717) is 19.4 Å². The first kappa shape index (κ1) is 70.3. The highest BCUT2D eigenvalue weighted by Crippen LogP contribution is 2.18. The number of unbranched alkanes of at least 4 members (excludes halogenated alkanes) is 48. The molecule has 0 aliphatic heterocycles. The van der Waals surface area contributed by atoms with Crippen LogP contribution in [0, 0.1) is 0 Å². The number of amides is 1. The lowest BCUT2D eigenvalue weighted by molar-refractivity contribution is -0.143. The van der Waals surface area contributed by atoms with Gasteiger partial charge in [0, 0.05) is 12.8 Å². The molecule has 0 heterocycles. The average Bonchev–Trinajstić information content (AvgIpc) is 3.38. The molecule has 426 valence electrons. The topological polar surface area (TPSA) is 95.9 Å². The van der Waals surface area contributed by atoms with Crippen LogP contribution in [0.15, 0.2) is 24.3 Å². The van der Waals surface area contributed by atoms with Crippen molar-refractivity contribution in [2.24, 2.45) is 0 Å². The highest BCUT2D eigenvalue weighted by molar-refractivity contribution is 5.76. The van der Waals surface area contributed by atoms with Crippen molar-refractivity contribution < 1.29 is 24.5 Å². The van der Waals surface area contributed by atoms with E-state index < -0.39 is 12.1 Å². The Labute approximate surface area is 450 Å². The third-order valence-corrected chi connectivity index (χ3v) is 15.2. The predicted molar refractivity (Wildman–Crippen MR) is 315 cm³/mol. The quantitative estimate of drug-likeness (QED) is 0.0320. The van der Waals surface area contributed by atoms with Crippen molar-refractivity contribution in [2.75, 3.05) is 13.2 Å². The molecular weight excluding hydrogens is 887 g/mol. The van der Waals surface area contributed by atoms with E-state index >= 15 is 0 Å². The molecule has 2 atom stereocenters. The summed E-state index contributed by atoms with van der Waals surface area (Å²) in [6, 6.07) is -0.639. The van der Waals surface area contributed by atoms with Crippen molar-refractivity contribution in [1.29, 1.82) is 0 Å². The number of aliphatic hydroxyl groups excluding tert-OH is 2. The molecule has 2 unspecified atom stereocenters. The van der Waals surface area contributed by atoms with E-state index in [4.69, 9.17) is 4.74 Å². The van der Waals surface area contributed by atoms with Crippen molar-refractivity contribution in [1.82, 2.24) is 5.32 Å². The molecule has 0 aliphatic rings. The summed E-state index contributed by atoms with van der Waals surface area (Å²) < 4.78 is 5.47. The number of carbonyl (C=O) groups is 2. The summed E-state index contributed by atoms with van der Waals surface area (Å²) in [4.78, 5) is 24.5. The summed E-state index contributed by atoms with van der Waals surface area (Å²) in [5.74, 6) is -0.0741. The molecule has 6 heteroatoms. The lowest BCUT2D eigenvalue weighted by Crippen LogP contribution is -2.45. The molecule has 0 bridgehead atoms. The van der Waals surface area contributed by atoms with E-state index in [1.807, 2.05) is 6.08 Å². The lowest BCUT2D eigenvalue weighted by Gasteiger charge is -2.20. The molecule has 0 radical (unpaired) electrons. The molecule has 0 rings (SSSR count). The molecular formula is C66H127NO5. The Morgan fingerprint density at radius 2 is 0.653 bits per heavy atom. The van der Waals surface area contributed by atoms with E-state index in [9.17, 15) is 19.8 Å². The number of carbonyl (C=O) groups excluding carboxylic acids is 2. The zero-order valence-electron chi connectivity index (χ0n) is 48.7. The van der Waals surface area contributed by atoms with Crippen LogP contribution < -0.4 is 5.32 Å². The standard InChI is InChI=1S/C66H127NO5/c1-3-5-7-9-11-13-15-17-18-19-20-21-22-23-24-25-28-31-35-38-42-46-50-54-58-64(69)63(62-68)67-65(70)59-55-51-47-43-39-36-32-29-26-27-30-33-37-41-45-49-53-57-61-72-66(71)60-56-52-48-44-40-34-16-14-12-10-8-6-4-2/h29,32,54,58,63-64,68-69H,3-28,30-31,33-53,55-57,59-62H2,1-2H3,(H,67,70)/b32-29-,58-54+. The van der Waals surface area contributed by atoms with Gasteiger partial charge in [0.2, 0.25) is 5.91 Å². The van der Waals surface area contributed by atoms with Gasteiger partial charge in [0.15, 0.2) is 0 Å². The van der Waals surface area contributed by atoms with Crippen molar-refractivity contribution in [3.05, 3.63) is 24.3 Å². The number of nitrogens with one attached hydrogen (secondary N) is 1. The van der Waals surface area contributed by atoms with E-state index in [2.05, 4.69) is 31.3 Å². The minimum Gasteiger partial charge on any atom is -0.466 e. The van der Waals surface area contributed by atoms with Crippen molar-refractivity contribution >= 4 is 11.9 Å². The summed E-state index contributed by atoms with van der Waals surface area (Å²) in [5, 5.41) is 23.2. The number of hydrogen-bond donors (Lipinski definition) is 3. The van der Waals surface area contributed by atoms with Gasteiger partial charge in [0.25, 0.3) is 0 Å². The summed E-state index contributed by atoms with van der Waals surface area (Å²) in [6.45, 7) is 4.92. The smallest absolute Gasteiger partial charge is 0.305 e. The summed E-state index contributed by atoms with van der Waals surface area (Å²) >= 11 is 0. The first-order valence-corrected chi connectivity index (χ1v) is 32.6. The number of hydrogen-bond acceptors (Lipinski definition) is 5. The van der Waals surface area contributed by atoms with Crippen molar-refractivity contribution in [3.63, 3.8) is 0 Å². The number of ether oxygens (including phenoxy) is 1. The second-order valence-electron chi connectivity index (χ2n) is 22.5. The fraction of sp³-hybridized carbons (Fsp3) is 0.909. The summed E-state index contributed by atoms with van der Waals surface area (Å²) in [6.07, 6.45) is 76.5. The van der Waals surface area contributed by atoms with Crippen LogP contribution in [0.25, 0.3) is 0 Å². The number of aliphatic hydroxyl groups is 2. The number of allylic oxidation sites excluding steroid dienone is 3. The fourth-order valence-corrected chi connectivity index (χ4v) is 10.2. The third-order valence-electron chi connectivity index (χ3n) is 15.2. The van der Waals surface area contributed by atoms with Gasteiger partial charge < -0.3 is 20.3 Å². The molecule has 0 aromatic heterocycles. The Bertz CT molecular complexity index is 1120. The molecule has 0 aliphatic carbocycles. The van der Waals surface area contributed by atoms with Gasteiger partial charge in [-0.2, -0.15) is 0 Å². The molecule has 0 aromatic carbocycles. The molecule has 0 aromatic rings. The molecule has 72 heavy (non-hydrogen) atoms. The van der Waals surface area contributed by atoms with Crippen molar-refractivity contribution in [2.45, 2.75) is 373 Å². The monoisotopic (exact) mass is 1010 g/mol. The van der Waals surface area contributed by atoms with E-state index in [1.165, 1.54) is 276 Å². The second kappa shape index (κ2) is 61.9. The molecule has 3 N–H and O–H groups in total. The van der Waals surface area contributed by atoms with Gasteiger partial charge in [0.05, 0.1) is 25.4 Å². The summed E-state index contributed by atoms with van der Waals surface area (Å²) in [7, 11) is 0. The van der Waals surface area contributed by atoms with E-state index in [-0.39, 0.29) is 18.5 Å². The van der Waals surface area contributed by atoms with Gasteiger partial charge in [-0.25, -0.2) is 0 Å². The molecule has 1 amide bonds. The van der Waals surface area contributed by atoms with Gasteiger partial charge in [-0.1, -0.05) is 314 Å². The lowest BCUT2D eigenvalue weighted by atomic mass is 10.0. The first-order valence-electron chi connectivity index (χ1n) is 32.6. The molecule has 0 spiro atoms. The maximum Gasteiger partial charge on any atom is 0.305 e. The number of rotatable bonds is 61. The van der Waals surface area contributed by atoms with Crippen LogP contribution in [0.4, 0.5) is 0 Å². The molecule has 0 saturated heterocycles. The zero-order chi connectivity index (χ0) is 52.2. The summed E-state index contributed by atoms with van der Waals surface area (Å²) in [5.41, 5.74) is 0. The van der Waals surface area contributed by atoms with Gasteiger partial charge in [0.1, 0.15) is 0 Å². The highest BCUT2D eigenvalue weighted by atomic mass is 16.5. The van der Waals surface area contributed by atoms with Crippen molar-refractivity contribution in [3.8, 4) is 0 Å². The van der Waals surface area contributed by atoms with Crippen LogP contribution in [0.2, 0.25) is 0 Å². The predicted octanol–water partition coefficient (Wildman–Crippen LogP) is 20.6. The van der Waals surface area contributed by atoms with Crippen LogP contribution >= 0.6 is 0 Å². The Morgan fingerprint density at radius 3 is 0.986 bits per heavy atom. The average molecular weight is 1010 g/mol. The van der Waals surface area contributed by atoms with E-state index in [1.54, 1.807) is 6.08 Å². The SMILES string of the molecule is CCCCCCCCCCCCCCCCCCCCCCCC/C=C/C(O)C(CO)NC(=O)CCCCCCC/C=C\CCCCCCCCCCCOC(=O)CCCCCCCCCCCCCCC. The maximum absolute atomic E-state index is 12.5. The fourth-order valence-electron chi connectivity index (χ4n) is 10.2. The van der Waals surface area contributed by atoms with Gasteiger partial charge >= 0.3 is 5.97 Å². The van der Waals surface area contributed by atoms with Crippen LogP contribution in [0.5, 0.6) is 0 Å². The zero-order valence-corrected chi connectivity index (χ0v) is 48.7. The van der Waals surface area contributed by atoms with Gasteiger partial charge in [-0.3, -0.25) is 9.59 Å². The second-order valence-corrected chi connectivity index (χ2v) is 22.5. The van der Waals surface area contributed by atoms with E-state index in [0.717, 1.165) is 57.8 Å². The largest absolute Gasteiger partial charge is 0.466 e. The molecule has 0 fully saturated rings. The van der Waals surface area contributed by atoms with Gasteiger partial charge in [-0.15, -0.1) is 0 Å². The normalized spacial score (nSPS) is 12.7. The minimum atomic E-state index is -0.854. The molecule has 6 nitrogen and oxygen atoms in total. The maximum atomic E-state index is 12.5. The van der Waals surface area contributed by atoms with Gasteiger partial charge in [-0.05, 0) is 57.8 Å². The Balaban J connectivity index is 3.47. The Hall–Kier alpha value is -1.66. The minimum absolute atomic E-state index is 0.00436. The van der Waals surface area contributed by atoms with Crippen LogP contribution in [0.1, 0.15) is 361 Å². The third kappa shape index (κ3) is 57.6. The van der Waals surface area contributed by atoms with Crippen LogP contribution in [-0.2, 0) is 14.3 Å². The Kier molecular flexibility index (Phi) is 60.5. The first-order chi connectivity index (χ1) is 35.5. The molecule has 0 saturated carbocycles. The van der Waals surface area contributed by atoms with Crippen LogP contribution in [0.3, 0.4) is 0 Å². The highest BCUT2D eigenvalue weighted by Gasteiger charge is 2.18. The van der Waals surface area contributed by atoms with Crippen LogP contribution in [-0.4, -0.2) is 47.4 Å². The number of esters is 1.